The first kappa shape index (κ1) is 25.7. The number of anilines is 1. The van der Waals surface area contributed by atoms with E-state index in [0.29, 0.717) is 28.5 Å². The molecular weight excluding hydrogens is 530 g/mol. The van der Waals surface area contributed by atoms with E-state index in [9.17, 15) is 4.79 Å². The SMILES string of the molecule is CC1CCC(Cn2c(N3CCCC4COCCC43)nc3nc(-c4noc(=O)[nH]4)nc(-c4cccc(Cl)c4)c32)CC1. The molecule has 5 heterocycles. The molecule has 3 fully saturated rings. The quantitative estimate of drug-likeness (QED) is 0.347. The monoisotopic (exact) mass is 563 g/mol. The van der Waals surface area contributed by atoms with Crippen molar-refractivity contribution in [3.8, 4) is 22.9 Å². The zero-order valence-electron chi connectivity index (χ0n) is 22.7. The number of aromatic nitrogens is 6. The number of aromatic amines is 1. The number of benzene rings is 1. The third-order valence-electron chi connectivity index (χ3n) is 8.97. The van der Waals surface area contributed by atoms with E-state index < -0.39 is 5.76 Å². The van der Waals surface area contributed by atoms with Gasteiger partial charge in [-0.3, -0.25) is 9.51 Å². The zero-order valence-corrected chi connectivity index (χ0v) is 23.4. The second-order valence-corrected chi connectivity index (χ2v) is 12.1. The predicted molar refractivity (Wildman–Crippen MR) is 152 cm³/mol. The Balaban J connectivity index is 1.44. The Morgan fingerprint density at radius 1 is 1.10 bits per heavy atom. The van der Waals surface area contributed by atoms with Gasteiger partial charge in [0.2, 0.25) is 17.6 Å². The molecule has 1 aromatic carbocycles. The second-order valence-electron chi connectivity index (χ2n) is 11.7. The molecule has 40 heavy (non-hydrogen) atoms. The molecule has 0 spiro atoms. The number of ether oxygens (including phenoxy) is 1. The minimum absolute atomic E-state index is 0.176. The predicted octanol–water partition coefficient (Wildman–Crippen LogP) is 5.32. The van der Waals surface area contributed by atoms with Crippen molar-refractivity contribution in [2.45, 2.75) is 64.5 Å². The summed E-state index contributed by atoms with van der Waals surface area (Å²) in [5, 5.41) is 4.49. The molecule has 1 aliphatic carbocycles. The van der Waals surface area contributed by atoms with Crippen LogP contribution in [-0.4, -0.2) is 55.5 Å². The highest BCUT2D eigenvalue weighted by Crippen LogP contribution is 2.39. The lowest BCUT2D eigenvalue weighted by atomic mass is 9.83. The lowest BCUT2D eigenvalue weighted by Crippen LogP contribution is -2.50. The van der Waals surface area contributed by atoms with Gasteiger partial charge in [0.25, 0.3) is 0 Å². The summed E-state index contributed by atoms with van der Waals surface area (Å²) in [7, 11) is 0. The number of imidazole rings is 1. The summed E-state index contributed by atoms with van der Waals surface area (Å²) in [4.78, 5) is 31.9. The molecule has 4 aromatic rings. The number of hydrogen-bond acceptors (Lipinski definition) is 8. The Hall–Kier alpha value is -3.24. The van der Waals surface area contributed by atoms with Gasteiger partial charge in [-0.15, -0.1) is 0 Å². The molecule has 2 aliphatic heterocycles. The van der Waals surface area contributed by atoms with Crippen LogP contribution in [-0.2, 0) is 11.3 Å². The van der Waals surface area contributed by atoms with Crippen LogP contribution in [0.4, 0.5) is 5.95 Å². The zero-order chi connectivity index (χ0) is 27.2. The second kappa shape index (κ2) is 10.6. The van der Waals surface area contributed by atoms with Crippen molar-refractivity contribution in [3.63, 3.8) is 0 Å². The number of H-pyrrole nitrogens is 1. The maximum Gasteiger partial charge on any atom is 0.439 e. The molecule has 1 N–H and O–H groups in total. The first-order valence-electron chi connectivity index (χ1n) is 14.5. The normalized spacial score (nSPS) is 25.3. The van der Waals surface area contributed by atoms with E-state index in [1.165, 1.54) is 32.1 Å². The van der Waals surface area contributed by atoms with E-state index in [1.54, 1.807) is 0 Å². The summed E-state index contributed by atoms with van der Waals surface area (Å²) < 4.78 is 13.0. The highest BCUT2D eigenvalue weighted by atomic mass is 35.5. The topological polar surface area (TPSA) is 115 Å². The van der Waals surface area contributed by atoms with Crippen LogP contribution in [0, 0.1) is 17.8 Å². The maximum atomic E-state index is 11.8. The van der Waals surface area contributed by atoms with Gasteiger partial charge in [-0.05, 0) is 56.1 Å². The Kier molecular flexibility index (Phi) is 6.83. The van der Waals surface area contributed by atoms with Crippen LogP contribution in [0.3, 0.4) is 0 Å². The van der Waals surface area contributed by atoms with Crippen LogP contribution in [0.2, 0.25) is 5.02 Å². The molecular formula is C29H34ClN7O3. The van der Waals surface area contributed by atoms with Gasteiger partial charge in [0.15, 0.2) is 5.65 Å². The smallest absolute Gasteiger partial charge is 0.381 e. The summed E-state index contributed by atoms with van der Waals surface area (Å²) in [5.41, 5.74) is 3.05. The number of hydrogen-bond donors (Lipinski definition) is 1. The Morgan fingerprint density at radius 2 is 1.98 bits per heavy atom. The molecule has 2 atom stereocenters. The first-order chi connectivity index (χ1) is 19.5. The van der Waals surface area contributed by atoms with E-state index in [4.69, 9.17) is 35.8 Å². The average molecular weight is 564 g/mol. The highest BCUT2D eigenvalue weighted by Gasteiger charge is 2.37. The van der Waals surface area contributed by atoms with Crippen molar-refractivity contribution >= 4 is 28.7 Å². The van der Waals surface area contributed by atoms with Gasteiger partial charge in [0, 0.05) is 42.2 Å². The number of fused-ring (bicyclic) bond motifs is 2. The van der Waals surface area contributed by atoms with Gasteiger partial charge < -0.3 is 14.2 Å². The number of piperidine rings is 1. The minimum atomic E-state index is -0.653. The molecule has 10 nitrogen and oxygen atoms in total. The largest absolute Gasteiger partial charge is 0.439 e. The van der Waals surface area contributed by atoms with Gasteiger partial charge in [-0.25, -0.2) is 14.8 Å². The molecule has 1 saturated carbocycles. The first-order valence-corrected chi connectivity index (χ1v) is 14.9. The Bertz CT molecular complexity index is 1570. The Morgan fingerprint density at radius 3 is 2.77 bits per heavy atom. The fourth-order valence-electron chi connectivity index (χ4n) is 6.87. The van der Waals surface area contributed by atoms with Crippen LogP contribution >= 0.6 is 11.6 Å². The van der Waals surface area contributed by atoms with Crippen molar-refractivity contribution in [2.24, 2.45) is 17.8 Å². The number of nitrogens with zero attached hydrogens (tertiary/aromatic N) is 6. The molecule has 210 valence electrons. The van der Waals surface area contributed by atoms with Crippen LogP contribution in [0.15, 0.2) is 33.6 Å². The van der Waals surface area contributed by atoms with Gasteiger partial charge >= 0.3 is 5.76 Å². The van der Waals surface area contributed by atoms with Crippen molar-refractivity contribution in [3.05, 3.63) is 39.8 Å². The summed E-state index contributed by atoms with van der Waals surface area (Å²) in [6.07, 6.45) is 8.18. The molecule has 3 aromatic heterocycles. The number of halogens is 1. The fraction of sp³-hybridized carbons (Fsp3) is 0.552. The van der Waals surface area contributed by atoms with Gasteiger partial charge in [-0.2, -0.15) is 4.98 Å². The van der Waals surface area contributed by atoms with Crippen molar-refractivity contribution in [2.75, 3.05) is 24.7 Å². The molecule has 0 radical (unpaired) electrons. The lowest BCUT2D eigenvalue weighted by molar-refractivity contribution is 0.0278. The molecule has 2 unspecified atom stereocenters. The van der Waals surface area contributed by atoms with E-state index in [0.717, 1.165) is 67.8 Å². The van der Waals surface area contributed by atoms with Crippen LogP contribution in [0.5, 0.6) is 0 Å². The highest BCUT2D eigenvalue weighted by molar-refractivity contribution is 6.30. The molecule has 0 bridgehead atoms. The molecule has 7 rings (SSSR count). The van der Waals surface area contributed by atoms with E-state index in [2.05, 4.69) is 26.5 Å². The summed E-state index contributed by atoms with van der Waals surface area (Å²) in [6, 6.07) is 8.07. The van der Waals surface area contributed by atoms with Crippen molar-refractivity contribution in [1.29, 1.82) is 0 Å². The lowest BCUT2D eigenvalue weighted by Gasteiger charge is -2.44. The van der Waals surface area contributed by atoms with Crippen LogP contribution in [0.1, 0.15) is 51.9 Å². The van der Waals surface area contributed by atoms with Gasteiger partial charge in [0.1, 0.15) is 11.2 Å². The van der Waals surface area contributed by atoms with E-state index in [-0.39, 0.29) is 11.6 Å². The van der Waals surface area contributed by atoms with Gasteiger partial charge in [0.05, 0.1) is 6.61 Å². The molecule has 0 amide bonds. The minimum Gasteiger partial charge on any atom is -0.381 e. The molecule has 11 heteroatoms. The van der Waals surface area contributed by atoms with E-state index in [1.807, 2.05) is 24.3 Å². The number of nitrogens with one attached hydrogen (secondary N) is 1. The summed E-state index contributed by atoms with van der Waals surface area (Å²) >= 11 is 6.46. The third-order valence-corrected chi connectivity index (χ3v) is 9.21. The Labute approximate surface area is 237 Å². The summed E-state index contributed by atoms with van der Waals surface area (Å²) in [5.74, 6) is 2.57. The average Bonchev–Trinajstić information content (AvgIpc) is 3.57. The van der Waals surface area contributed by atoms with Gasteiger partial charge in [-0.1, -0.05) is 48.7 Å². The fourth-order valence-corrected chi connectivity index (χ4v) is 7.06. The van der Waals surface area contributed by atoms with Crippen molar-refractivity contribution in [1.82, 2.24) is 29.7 Å². The van der Waals surface area contributed by atoms with Crippen LogP contribution < -0.4 is 10.7 Å². The third kappa shape index (κ3) is 4.81. The molecule has 2 saturated heterocycles. The van der Waals surface area contributed by atoms with Crippen LogP contribution in [0.25, 0.3) is 34.1 Å². The standard InChI is InChI=1S/C29H34ClN7O3/c1-17-7-9-18(10-8-17)15-37-24-23(19-4-2-6-21(30)14-19)31-26(27-34-29(38)40-35-27)32-25(24)33-28(37)36-12-3-5-20-16-39-13-11-22(20)36/h2,4,6,14,17-18,20,22H,3,5,7-13,15-16H2,1H3,(H,34,35,38). The molecule has 3 aliphatic rings. The number of rotatable bonds is 5. The maximum absolute atomic E-state index is 11.8. The van der Waals surface area contributed by atoms with E-state index >= 15 is 0 Å². The summed E-state index contributed by atoms with van der Waals surface area (Å²) in [6.45, 7) is 5.75. The van der Waals surface area contributed by atoms with Crippen molar-refractivity contribution < 1.29 is 9.26 Å².